The van der Waals surface area contributed by atoms with Gasteiger partial charge in [-0.25, -0.2) is 14.3 Å². The maximum Gasteiger partial charge on any atom is 0.343 e. The lowest BCUT2D eigenvalue weighted by molar-refractivity contribution is 0.0528. The van der Waals surface area contributed by atoms with Gasteiger partial charge in [-0.2, -0.15) is 5.10 Å². The second kappa shape index (κ2) is 3.97. The number of rotatable bonds is 2. The summed E-state index contributed by atoms with van der Waals surface area (Å²) >= 11 is 5.64. The highest BCUT2D eigenvalue weighted by Gasteiger charge is 2.16. The molecule has 0 unspecified atom stereocenters. The molecule has 0 saturated heterocycles. The van der Waals surface area contributed by atoms with Crippen molar-refractivity contribution in [3.8, 4) is 5.75 Å². The van der Waals surface area contributed by atoms with E-state index in [9.17, 15) is 9.90 Å². The van der Waals surface area contributed by atoms with Crippen LogP contribution in [0.4, 0.5) is 0 Å². The van der Waals surface area contributed by atoms with E-state index in [1.807, 2.05) is 0 Å². The van der Waals surface area contributed by atoms with Crippen molar-refractivity contribution in [1.82, 2.24) is 14.6 Å². The van der Waals surface area contributed by atoms with Crippen LogP contribution in [0.25, 0.3) is 5.65 Å². The van der Waals surface area contributed by atoms with Crippen LogP contribution in [-0.4, -0.2) is 32.3 Å². The number of fused-ring (bicyclic) bond motifs is 1. The highest BCUT2D eigenvalue weighted by Crippen LogP contribution is 2.22. The van der Waals surface area contributed by atoms with Crippen LogP contribution in [-0.2, 0) is 4.74 Å². The number of halogens is 1. The maximum atomic E-state index is 11.5. The second-order valence-electron chi connectivity index (χ2n) is 2.96. The van der Waals surface area contributed by atoms with Gasteiger partial charge < -0.3 is 9.84 Å². The summed E-state index contributed by atoms with van der Waals surface area (Å²) in [7, 11) is 0. The van der Waals surface area contributed by atoms with Gasteiger partial charge in [0.25, 0.3) is 0 Å². The molecule has 0 aliphatic heterocycles. The van der Waals surface area contributed by atoms with Crippen LogP contribution in [0.1, 0.15) is 17.3 Å². The molecule has 0 radical (unpaired) electrons. The van der Waals surface area contributed by atoms with Crippen molar-refractivity contribution in [3.05, 3.63) is 23.1 Å². The number of hydrogen-bond donors (Lipinski definition) is 1. The fourth-order valence-corrected chi connectivity index (χ4v) is 1.36. The smallest absolute Gasteiger partial charge is 0.343 e. The predicted molar refractivity (Wildman–Crippen MR) is 55.6 cm³/mol. The Morgan fingerprint density at radius 2 is 2.44 bits per heavy atom. The van der Waals surface area contributed by atoms with Gasteiger partial charge in [0, 0.05) is 0 Å². The van der Waals surface area contributed by atoms with E-state index in [1.165, 1.54) is 16.9 Å². The molecule has 2 heterocycles. The molecule has 0 aliphatic carbocycles. The SMILES string of the molecule is CCOC(=O)c1cnn2cc(O)c(Cl)nc12. The minimum Gasteiger partial charge on any atom is -0.504 e. The molecule has 0 aliphatic rings. The molecule has 2 rings (SSSR count). The van der Waals surface area contributed by atoms with Gasteiger partial charge in [-0.05, 0) is 6.92 Å². The van der Waals surface area contributed by atoms with Gasteiger partial charge in [-0.15, -0.1) is 0 Å². The zero-order chi connectivity index (χ0) is 11.7. The minimum atomic E-state index is -0.522. The number of aromatic hydroxyl groups is 1. The number of aromatic nitrogens is 3. The van der Waals surface area contributed by atoms with E-state index < -0.39 is 5.97 Å². The first-order valence-electron chi connectivity index (χ1n) is 4.53. The van der Waals surface area contributed by atoms with Crippen LogP contribution >= 0.6 is 11.6 Å². The molecule has 0 fully saturated rings. The molecule has 6 nitrogen and oxygen atoms in total. The van der Waals surface area contributed by atoms with E-state index in [0.717, 1.165) is 0 Å². The Morgan fingerprint density at radius 1 is 1.69 bits per heavy atom. The molecule has 1 N–H and O–H groups in total. The van der Waals surface area contributed by atoms with Gasteiger partial charge in [-0.1, -0.05) is 11.6 Å². The Labute approximate surface area is 95.4 Å². The fourth-order valence-electron chi connectivity index (χ4n) is 1.23. The zero-order valence-corrected chi connectivity index (χ0v) is 9.10. The molecule has 16 heavy (non-hydrogen) atoms. The van der Waals surface area contributed by atoms with Gasteiger partial charge in [0.2, 0.25) is 0 Å². The van der Waals surface area contributed by atoms with Crippen molar-refractivity contribution >= 4 is 23.2 Å². The topological polar surface area (TPSA) is 76.7 Å². The Morgan fingerprint density at radius 3 is 3.12 bits per heavy atom. The lowest BCUT2D eigenvalue weighted by Crippen LogP contribution is -2.04. The number of carbonyl (C=O) groups excluding carboxylic acids is 1. The number of carbonyl (C=O) groups is 1. The Bertz CT molecular complexity index is 552. The van der Waals surface area contributed by atoms with Crippen molar-refractivity contribution in [2.75, 3.05) is 6.61 Å². The third-order valence-corrected chi connectivity index (χ3v) is 2.20. The van der Waals surface area contributed by atoms with Gasteiger partial charge in [0.1, 0.15) is 5.56 Å². The van der Waals surface area contributed by atoms with Gasteiger partial charge in [-0.3, -0.25) is 0 Å². The van der Waals surface area contributed by atoms with Crippen LogP contribution in [0, 0.1) is 0 Å². The third kappa shape index (κ3) is 1.67. The van der Waals surface area contributed by atoms with E-state index >= 15 is 0 Å². The number of esters is 1. The summed E-state index contributed by atoms with van der Waals surface area (Å²) in [4.78, 5) is 15.3. The highest BCUT2D eigenvalue weighted by molar-refractivity contribution is 6.30. The van der Waals surface area contributed by atoms with Gasteiger partial charge in [0.05, 0.1) is 19.0 Å². The Balaban J connectivity index is 2.56. The molecule has 84 valence electrons. The summed E-state index contributed by atoms with van der Waals surface area (Å²) < 4.78 is 6.08. The van der Waals surface area contributed by atoms with Crippen LogP contribution in [0.5, 0.6) is 5.75 Å². The van der Waals surface area contributed by atoms with Crippen molar-refractivity contribution in [2.24, 2.45) is 0 Å². The molecule has 0 atom stereocenters. The van der Waals surface area contributed by atoms with Crippen molar-refractivity contribution < 1.29 is 14.6 Å². The van der Waals surface area contributed by atoms with Crippen LogP contribution in [0.2, 0.25) is 5.15 Å². The first-order chi connectivity index (χ1) is 7.63. The highest BCUT2D eigenvalue weighted by atomic mass is 35.5. The molecular formula is C9H8ClN3O3. The standard InChI is InChI=1S/C9H8ClN3O3/c1-2-16-9(15)5-3-11-13-4-6(14)7(10)12-8(5)13/h3-4,14H,2H2,1H3. The summed E-state index contributed by atoms with van der Waals surface area (Å²) in [6.45, 7) is 1.97. The van der Waals surface area contributed by atoms with E-state index in [4.69, 9.17) is 16.3 Å². The number of hydrogen-bond acceptors (Lipinski definition) is 5. The van der Waals surface area contributed by atoms with E-state index in [2.05, 4.69) is 10.1 Å². The first kappa shape index (κ1) is 10.7. The average molecular weight is 242 g/mol. The number of nitrogens with zero attached hydrogens (tertiary/aromatic N) is 3. The summed E-state index contributed by atoms with van der Waals surface area (Å²) in [6.07, 6.45) is 2.59. The van der Waals surface area contributed by atoms with Crippen molar-refractivity contribution in [1.29, 1.82) is 0 Å². The molecule has 0 amide bonds. The van der Waals surface area contributed by atoms with Gasteiger partial charge >= 0.3 is 5.97 Å². The monoisotopic (exact) mass is 241 g/mol. The summed E-state index contributed by atoms with van der Waals surface area (Å²) in [5.41, 5.74) is 0.463. The van der Waals surface area contributed by atoms with Crippen LogP contribution in [0.15, 0.2) is 12.4 Å². The van der Waals surface area contributed by atoms with E-state index in [0.29, 0.717) is 0 Å². The average Bonchev–Trinajstić information content (AvgIpc) is 2.62. The Kier molecular flexibility index (Phi) is 2.66. The molecular weight excluding hydrogens is 234 g/mol. The molecule has 2 aromatic heterocycles. The van der Waals surface area contributed by atoms with E-state index in [-0.39, 0.29) is 28.7 Å². The molecule has 7 heteroatoms. The molecule has 0 bridgehead atoms. The van der Waals surface area contributed by atoms with Crippen molar-refractivity contribution in [2.45, 2.75) is 6.92 Å². The number of ether oxygens (including phenoxy) is 1. The quantitative estimate of drug-likeness (QED) is 0.633. The normalized spacial score (nSPS) is 10.6. The minimum absolute atomic E-state index is 0.0847. The van der Waals surface area contributed by atoms with Crippen LogP contribution < -0.4 is 0 Å². The lowest BCUT2D eigenvalue weighted by Gasteiger charge is -2.00. The third-order valence-electron chi connectivity index (χ3n) is 1.92. The summed E-state index contributed by atoms with van der Waals surface area (Å²) in [6, 6.07) is 0. The molecule has 2 aromatic rings. The molecule has 0 aromatic carbocycles. The zero-order valence-electron chi connectivity index (χ0n) is 8.35. The van der Waals surface area contributed by atoms with Crippen molar-refractivity contribution in [3.63, 3.8) is 0 Å². The first-order valence-corrected chi connectivity index (χ1v) is 4.91. The second-order valence-corrected chi connectivity index (χ2v) is 3.32. The Hall–Kier alpha value is -1.82. The summed E-state index contributed by atoms with van der Waals surface area (Å²) in [5, 5.41) is 13.1. The maximum absolute atomic E-state index is 11.5. The summed E-state index contributed by atoms with van der Waals surface area (Å²) in [5.74, 6) is -0.723. The van der Waals surface area contributed by atoms with Crippen LogP contribution in [0.3, 0.4) is 0 Å². The van der Waals surface area contributed by atoms with Gasteiger partial charge in [0.15, 0.2) is 16.5 Å². The molecule has 0 saturated carbocycles. The molecule has 0 spiro atoms. The van der Waals surface area contributed by atoms with E-state index in [1.54, 1.807) is 6.92 Å². The largest absolute Gasteiger partial charge is 0.504 e. The fraction of sp³-hybridized carbons (Fsp3) is 0.222. The lowest BCUT2D eigenvalue weighted by atomic mass is 10.3. The predicted octanol–water partition coefficient (Wildman–Crippen LogP) is 1.26.